The molecule has 0 aliphatic carbocycles. The van der Waals surface area contributed by atoms with E-state index in [1.165, 1.54) is 66.4 Å². The van der Waals surface area contributed by atoms with Gasteiger partial charge in [-0.2, -0.15) is 23.5 Å². The van der Waals surface area contributed by atoms with Crippen molar-refractivity contribution in [1.29, 1.82) is 0 Å². The largest absolute Gasteiger partial charge is 0.282 e. The van der Waals surface area contributed by atoms with E-state index in [-0.39, 0.29) is 10.2 Å². The number of thioether (sulfide) groups is 8. The highest BCUT2D eigenvalue weighted by molar-refractivity contribution is 8.25. The summed E-state index contributed by atoms with van der Waals surface area (Å²) in [5.74, 6) is 5.75. The first-order valence-corrected chi connectivity index (χ1v) is 19.1. The Morgan fingerprint density at radius 1 is 0.750 bits per heavy atom. The summed E-state index contributed by atoms with van der Waals surface area (Å²) in [6.45, 7) is 11.4. The van der Waals surface area contributed by atoms with Gasteiger partial charge >= 0.3 is 0 Å². The van der Waals surface area contributed by atoms with Gasteiger partial charge in [-0.25, -0.2) is 0 Å². The molecule has 2 aliphatic heterocycles. The summed E-state index contributed by atoms with van der Waals surface area (Å²) >= 11 is 14.4. The summed E-state index contributed by atoms with van der Waals surface area (Å²) in [5, 5.41) is 0.0911. The van der Waals surface area contributed by atoms with E-state index in [0.717, 1.165) is 34.5 Å². The summed E-state index contributed by atoms with van der Waals surface area (Å²) in [6.07, 6.45) is 2.79. The summed E-state index contributed by atoms with van der Waals surface area (Å²) in [7, 11) is 0. The molecule has 2 aliphatic rings. The number of carbonyl (C=O) groups is 2. The van der Waals surface area contributed by atoms with Crippen LogP contribution in [-0.2, 0) is 21.1 Å². The third-order valence-electron chi connectivity index (χ3n) is 5.11. The van der Waals surface area contributed by atoms with E-state index in [1.807, 2.05) is 70.6 Å². The number of hydrogen-bond donors (Lipinski definition) is 0. The second-order valence-corrected chi connectivity index (χ2v) is 17.8. The zero-order chi connectivity index (χ0) is 25.9. The molecule has 2 atom stereocenters. The van der Waals surface area contributed by atoms with Gasteiger partial charge in [0.1, 0.15) is 0 Å². The molecule has 2 heterocycles. The molecular formula is C26H30O2S8. The zero-order valence-electron chi connectivity index (χ0n) is 20.4. The first kappa shape index (κ1) is 30.9. The Balaban J connectivity index is 1.38. The van der Waals surface area contributed by atoms with Crippen LogP contribution in [0.4, 0.5) is 0 Å². The third kappa shape index (κ3) is 10.1. The Morgan fingerprint density at radius 3 is 1.56 bits per heavy atom. The van der Waals surface area contributed by atoms with E-state index in [2.05, 4.69) is 51.3 Å². The fraction of sp³-hybridized carbons (Fsp3) is 0.385. The lowest BCUT2D eigenvalue weighted by Gasteiger charge is -2.13. The van der Waals surface area contributed by atoms with Crippen LogP contribution in [0.5, 0.6) is 0 Å². The molecule has 0 bridgehead atoms. The highest BCUT2D eigenvalue weighted by Crippen LogP contribution is 2.49. The molecule has 2 unspecified atom stereocenters. The van der Waals surface area contributed by atoms with Crippen LogP contribution in [0.15, 0.2) is 69.2 Å². The first-order valence-electron chi connectivity index (χ1n) is 11.3. The predicted molar refractivity (Wildman–Crippen MR) is 177 cm³/mol. The minimum atomic E-state index is 0.0455. The Labute approximate surface area is 249 Å². The van der Waals surface area contributed by atoms with Gasteiger partial charge in [0.25, 0.3) is 0 Å². The molecule has 0 radical (unpaired) electrons. The quantitative estimate of drug-likeness (QED) is 0.186. The van der Waals surface area contributed by atoms with Gasteiger partial charge in [0.05, 0.1) is 9.16 Å². The Hall–Kier alpha value is 0.320. The van der Waals surface area contributed by atoms with Crippen LogP contribution in [0, 0.1) is 0 Å². The van der Waals surface area contributed by atoms with Crippen molar-refractivity contribution >= 4 is 104 Å². The van der Waals surface area contributed by atoms with Crippen molar-refractivity contribution in [2.45, 2.75) is 34.5 Å². The minimum absolute atomic E-state index is 0.0455. The molecule has 2 nitrogen and oxygen atoms in total. The average molecular weight is 631 g/mol. The van der Waals surface area contributed by atoms with Crippen molar-refractivity contribution in [3.05, 3.63) is 80.3 Å². The van der Waals surface area contributed by atoms with Crippen molar-refractivity contribution < 1.29 is 9.59 Å². The molecule has 194 valence electrons. The number of rotatable bonds is 14. The number of benzene rings is 1. The molecule has 0 saturated carbocycles. The van der Waals surface area contributed by atoms with Crippen LogP contribution in [0.25, 0.3) is 0 Å². The van der Waals surface area contributed by atoms with E-state index >= 15 is 0 Å². The van der Waals surface area contributed by atoms with Gasteiger partial charge in [-0.05, 0) is 46.9 Å². The highest BCUT2D eigenvalue weighted by Gasteiger charge is 2.25. The molecule has 0 aromatic heterocycles. The van der Waals surface area contributed by atoms with Crippen LogP contribution in [0.3, 0.4) is 0 Å². The SMILES string of the molecule is C=CC(=O)SCC1=C(C)SC(CSCc2ccccc2CSCC2SC(C)=C(CSC(=O)C=C)S2)S1. The first-order chi connectivity index (χ1) is 17.4. The third-order valence-corrected chi connectivity index (χ3v) is 16.1. The van der Waals surface area contributed by atoms with Crippen molar-refractivity contribution in [2.75, 3.05) is 23.0 Å². The van der Waals surface area contributed by atoms with Gasteiger partial charge in [0.15, 0.2) is 0 Å². The van der Waals surface area contributed by atoms with Crippen LogP contribution < -0.4 is 0 Å². The summed E-state index contributed by atoms with van der Waals surface area (Å²) < 4.78 is 1.04. The van der Waals surface area contributed by atoms with Gasteiger partial charge < -0.3 is 0 Å². The van der Waals surface area contributed by atoms with Gasteiger partial charge in [-0.3, -0.25) is 9.59 Å². The maximum Gasteiger partial charge on any atom is 0.211 e. The maximum atomic E-state index is 11.5. The predicted octanol–water partition coefficient (Wildman–Crippen LogP) is 9.12. The summed E-state index contributed by atoms with van der Waals surface area (Å²) in [6, 6.07) is 8.82. The summed E-state index contributed by atoms with van der Waals surface area (Å²) in [5.41, 5.74) is 2.86. The number of hydrogen-bond acceptors (Lipinski definition) is 10. The van der Waals surface area contributed by atoms with Crippen LogP contribution in [0.2, 0.25) is 0 Å². The molecule has 0 spiro atoms. The normalized spacial score (nSPS) is 19.7. The highest BCUT2D eigenvalue weighted by atomic mass is 32.2. The van der Waals surface area contributed by atoms with Crippen molar-refractivity contribution in [3.63, 3.8) is 0 Å². The second kappa shape index (κ2) is 16.4. The van der Waals surface area contributed by atoms with E-state index in [1.54, 1.807) is 0 Å². The molecule has 1 aromatic carbocycles. The van der Waals surface area contributed by atoms with Crippen LogP contribution >= 0.6 is 94.1 Å². The van der Waals surface area contributed by atoms with E-state index in [0.29, 0.717) is 9.16 Å². The van der Waals surface area contributed by atoms with Crippen molar-refractivity contribution in [3.8, 4) is 0 Å². The molecule has 0 fully saturated rings. The monoisotopic (exact) mass is 630 g/mol. The van der Waals surface area contributed by atoms with Crippen molar-refractivity contribution in [2.24, 2.45) is 0 Å². The molecular weight excluding hydrogens is 601 g/mol. The number of carbonyl (C=O) groups excluding carboxylic acids is 2. The second-order valence-electron chi connectivity index (χ2n) is 7.71. The van der Waals surface area contributed by atoms with Gasteiger partial charge in [0.2, 0.25) is 10.2 Å². The van der Waals surface area contributed by atoms with Crippen LogP contribution in [0.1, 0.15) is 25.0 Å². The van der Waals surface area contributed by atoms with E-state index in [4.69, 9.17) is 0 Å². The lowest BCUT2D eigenvalue weighted by atomic mass is 10.1. The van der Waals surface area contributed by atoms with Crippen LogP contribution in [-0.4, -0.2) is 42.4 Å². The van der Waals surface area contributed by atoms with Gasteiger partial charge in [-0.15, -0.1) is 47.0 Å². The average Bonchev–Trinajstić information content (AvgIpc) is 3.42. The van der Waals surface area contributed by atoms with E-state index in [9.17, 15) is 9.59 Å². The molecule has 0 N–H and O–H groups in total. The maximum absolute atomic E-state index is 11.5. The molecule has 0 amide bonds. The zero-order valence-corrected chi connectivity index (χ0v) is 26.9. The lowest BCUT2D eigenvalue weighted by Crippen LogP contribution is -2.00. The smallest absolute Gasteiger partial charge is 0.211 e. The molecule has 3 rings (SSSR count). The fourth-order valence-electron chi connectivity index (χ4n) is 3.23. The van der Waals surface area contributed by atoms with Gasteiger partial charge in [0, 0.05) is 44.3 Å². The standard InChI is InChI=1S/C26H30O2S8/c1-5-23(27)31-13-21-17(3)33-25(35-21)15-29-11-19-9-7-8-10-20(19)12-30-16-26-34-18(4)22(36-26)14-32-24(28)6-2/h5-10,25-26H,1-2,11-16H2,3-4H3. The Kier molecular flexibility index (Phi) is 14.1. The van der Waals surface area contributed by atoms with E-state index < -0.39 is 0 Å². The fourth-order valence-corrected chi connectivity index (χ4v) is 14.1. The van der Waals surface area contributed by atoms with Gasteiger partial charge in [-0.1, -0.05) is 60.9 Å². The lowest BCUT2D eigenvalue weighted by molar-refractivity contribution is -0.107. The Morgan fingerprint density at radius 2 is 1.17 bits per heavy atom. The molecule has 0 saturated heterocycles. The number of allylic oxidation sites excluding steroid dienone is 2. The molecule has 36 heavy (non-hydrogen) atoms. The molecule has 10 heteroatoms. The Bertz CT molecular complexity index is 952. The minimum Gasteiger partial charge on any atom is -0.282 e. The molecule has 1 aromatic rings. The topological polar surface area (TPSA) is 34.1 Å². The van der Waals surface area contributed by atoms with Crippen molar-refractivity contribution in [1.82, 2.24) is 0 Å². The summed E-state index contributed by atoms with van der Waals surface area (Å²) in [4.78, 5) is 28.5.